The minimum Gasteiger partial charge on any atom is -0.290 e. The highest BCUT2D eigenvalue weighted by Crippen LogP contribution is 2.23. The minimum absolute atomic E-state index is 0.259. The number of hydrogen-bond acceptors (Lipinski definition) is 3. The first kappa shape index (κ1) is 12.7. The van der Waals surface area contributed by atoms with E-state index in [1.165, 1.54) is 4.90 Å². The molecule has 0 saturated heterocycles. The lowest BCUT2D eigenvalue weighted by atomic mass is 10.3. The molecule has 5 heteroatoms. The first-order valence-corrected chi connectivity index (χ1v) is 6.30. The van der Waals surface area contributed by atoms with Gasteiger partial charge in [0.1, 0.15) is 5.84 Å². The van der Waals surface area contributed by atoms with Gasteiger partial charge in [-0.05, 0) is 18.2 Å². The van der Waals surface area contributed by atoms with Crippen molar-refractivity contribution in [2.45, 2.75) is 6.42 Å². The molecule has 0 radical (unpaired) electrons. The lowest BCUT2D eigenvalue weighted by Gasteiger charge is -2.14. The molecular formula is C13H12BrN3O. The van der Waals surface area contributed by atoms with E-state index in [2.05, 4.69) is 27.0 Å². The number of benzene rings is 1. The fourth-order valence-electron chi connectivity index (χ4n) is 1.76. The molecule has 0 unspecified atom stereocenters. The van der Waals surface area contributed by atoms with E-state index in [9.17, 15) is 4.79 Å². The van der Waals surface area contributed by atoms with E-state index in [-0.39, 0.29) is 6.54 Å². The molecule has 0 bridgehead atoms. The predicted octanol–water partition coefficient (Wildman–Crippen LogP) is 2.06. The second-order valence-electron chi connectivity index (χ2n) is 3.81. The second-order valence-corrected chi connectivity index (χ2v) is 4.72. The van der Waals surface area contributed by atoms with Crippen LogP contribution in [0.4, 0.5) is 5.69 Å². The van der Waals surface area contributed by atoms with Crippen LogP contribution in [-0.2, 0) is 4.79 Å². The summed E-state index contributed by atoms with van der Waals surface area (Å²) < 4.78 is 1.000. The molecule has 0 spiro atoms. The highest BCUT2D eigenvalue weighted by Gasteiger charge is 2.20. The smallest absolute Gasteiger partial charge is 0.215 e. The van der Waals surface area contributed by atoms with Crippen LogP contribution < -0.4 is 5.01 Å². The van der Waals surface area contributed by atoms with Gasteiger partial charge in [0.2, 0.25) is 6.41 Å². The quantitative estimate of drug-likeness (QED) is 0.633. The largest absolute Gasteiger partial charge is 0.290 e. The number of hydrogen-bond donors (Lipinski definition) is 0. The number of carbonyl (C=O) groups excluding carboxylic acids is 1. The van der Waals surface area contributed by atoms with Crippen molar-refractivity contribution in [1.82, 2.24) is 4.90 Å². The monoisotopic (exact) mass is 305 g/mol. The van der Waals surface area contributed by atoms with Gasteiger partial charge in [-0.3, -0.25) is 14.7 Å². The van der Waals surface area contributed by atoms with Crippen LogP contribution in [0, 0.1) is 12.3 Å². The van der Waals surface area contributed by atoms with Gasteiger partial charge in [0, 0.05) is 17.4 Å². The van der Waals surface area contributed by atoms with Crippen molar-refractivity contribution in [2.24, 2.45) is 5.10 Å². The number of carbonyl (C=O) groups is 1. The van der Waals surface area contributed by atoms with E-state index < -0.39 is 0 Å². The van der Waals surface area contributed by atoms with Crippen molar-refractivity contribution in [3.63, 3.8) is 0 Å². The highest BCUT2D eigenvalue weighted by atomic mass is 79.9. The predicted molar refractivity (Wildman–Crippen MR) is 75.1 cm³/mol. The lowest BCUT2D eigenvalue weighted by Crippen LogP contribution is -2.28. The summed E-state index contributed by atoms with van der Waals surface area (Å²) in [6.07, 6.45) is 6.65. The Kier molecular flexibility index (Phi) is 4.00. The van der Waals surface area contributed by atoms with Crippen molar-refractivity contribution in [3.8, 4) is 12.3 Å². The van der Waals surface area contributed by atoms with Crippen molar-refractivity contribution in [2.75, 3.05) is 18.1 Å². The van der Waals surface area contributed by atoms with Gasteiger partial charge in [-0.25, -0.2) is 0 Å². The Hall–Kier alpha value is -1.80. The zero-order valence-corrected chi connectivity index (χ0v) is 11.3. The maximum absolute atomic E-state index is 10.9. The molecule has 0 atom stereocenters. The van der Waals surface area contributed by atoms with Gasteiger partial charge in [0.05, 0.1) is 12.2 Å². The van der Waals surface area contributed by atoms with Gasteiger partial charge in [-0.2, -0.15) is 5.10 Å². The number of nitrogens with zero attached hydrogens (tertiary/aromatic N) is 3. The molecule has 0 aliphatic carbocycles. The first-order valence-electron chi connectivity index (χ1n) is 5.50. The minimum atomic E-state index is 0.259. The fraction of sp³-hybridized carbons (Fsp3) is 0.231. The van der Waals surface area contributed by atoms with Crippen LogP contribution in [0.2, 0.25) is 0 Å². The molecule has 1 amide bonds. The molecule has 1 aromatic carbocycles. The van der Waals surface area contributed by atoms with Crippen molar-refractivity contribution < 1.29 is 4.79 Å². The van der Waals surface area contributed by atoms with Crippen LogP contribution in [0.3, 0.4) is 0 Å². The number of hydrazone groups is 1. The Morgan fingerprint density at radius 1 is 1.61 bits per heavy atom. The SMILES string of the molecule is C#CCN(C=O)C1=NN(c2cccc(Br)c2)CC1. The molecule has 1 aliphatic heterocycles. The Balaban J connectivity index is 2.17. The van der Waals surface area contributed by atoms with Crippen LogP contribution in [-0.4, -0.2) is 30.2 Å². The summed E-state index contributed by atoms with van der Waals surface area (Å²) in [6.45, 7) is 1.01. The van der Waals surface area contributed by atoms with Crippen LogP contribution >= 0.6 is 15.9 Å². The average molecular weight is 306 g/mol. The number of terminal acetylenes is 1. The van der Waals surface area contributed by atoms with E-state index >= 15 is 0 Å². The summed E-state index contributed by atoms with van der Waals surface area (Å²) in [5.41, 5.74) is 0.992. The maximum atomic E-state index is 10.9. The standard InChI is InChI=1S/C13H12BrN3O/c1-2-7-16(10-18)13-6-8-17(15-13)12-5-3-4-11(14)9-12/h1,3-5,9-10H,6-8H2. The zero-order chi connectivity index (χ0) is 13.0. The molecule has 1 aliphatic rings. The number of rotatable bonds is 3. The van der Waals surface area contributed by atoms with Crippen LogP contribution in [0.25, 0.3) is 0 Å². The van der Waals surface area contributed by atoms with Gasteiger partial charge in [-0.1, -0.05) is 27.9 Å². The molecule has 92 valence electrons. The third-order valence-electron chi connectivity index (χ3n) is 2.61. The summed E-state index contributed by atoms with van der Waals surface area (Å²) in [5.74, 6) is 3.16. The van der Waals surface area contributed by atoms with E-state index in [0.717, 1.165) is 23.1 Å². The Labute approximate surface area is 114 Å². The van der Waals surface area contributed by atoms with E-state index in [0.29, 0.717) is 12.3 Å². The molecule has 2 rings (SSSR count). The molecule has 1 heterocycles. The third-order valence-corrected chi connectivity index (χ3v) is 3.10. The summed E-state index contributed by atoms with van der Waals surface area (Å²) in [4.78, 5) is 12.4. The van der Waals surface area contributed by atoms with Crippen LogP contribution in [0.15, 0.2) is 33.8 Å². The molecule has 4 nitrogen and oxygen atoms in total. The molecule has 18 heavy (non-hydrogen) atoms. The fourth-order valence-corrected chi connectivity index (χ4v) is 2.14. The summed E-state index contributed by atoms with van der Waals surface area (Å²) in [6, 6.07) is 7.87. The topological polar surface area (TPSA) is 35.9 Å². The molecule has 0 aromatic heterocycles. The Bertz CT molecular complexity index is 521. The zero-order valence-electron chi connectivity index (χ0n) is 9.71. The Morgan fingerprint density at radius 3 is 3.11 bits per heavy atom. The van der Waals surface area contributed by atoms with Gasteiger partial charge in [-0.15, -0.1) is 6.42 Å². The number of anilines is 1. The highest BCUT2D eigenvalue weighted by molar-refractivity contribution is 9.10. The van der Waals surface area contributed by atoms with Crippen LogP contribution in [0.5, 0.6) is 0 Å². The third kappa shape index (κ3) is 2.71. The summed E-state index contributed by atoms with van der Waals surface area (Å²) >= 11 is 3.42. The average Bonchev–Trinajstić information content (AvgIpc) is 2.85. The Morgan fingerprint density at radius 2 is 2.44 bits per heavy atom. The van der Waals surface area contributed by atoms with Gasteiger partial charge >= 0.3 is 0 Å². The summed E-state index contributed by atoms with van der Waals surface area (Å²) in [5, 5.41) is 6.29. The van der Waals surface area contributed by atoms with E-state index in [4.69, 9.17) is 6.42 Å². The summed E-state index contributed by atoms with van der Waals surface area (Å²) in [7, 11) is 0. The lowest BCUT2D eigenvalue weighted by molar-refractivity contribution is -0.114. The second kappa shape index (κ2) is 5.69. The van der Waals surface area contributed by atoms with Crippen molar-refractivity contribution in [3.05, 3.63) is 28.7 Å². The number of halogens is 1. The molecule has 0 saturated carbocycles. The van der Waals surface area contributed by atoms with Gasteiger partial charge < -0.3 is 0 Å². The number of amides is 1. The normalized spacial score (nSPS) is 14.0. The maximum Gasteiger partial charge on any atom is 0.215 e. The van der Waals surface area contributed by atoms with Crippen molar-refractivity contribution >= 4 is 33.9 Å². The molecule has 0 fully saturated rings. The van der Waals surface area contributed by atoms with E-state index in [1.807, 2.05) is 29.3 Å². The molecule has 0 N–H and O–H groups in total. The molecule has 1 aromatic rings. The first-order chi connectivity index (χ1) is 8.74. The van der Waals surface area contributed by atoms with Gasteiger partial charge in [0.25, 0.3) is 0 Å². The number of amidine groups is 1. The van der Waals surface area contributed by atoms with Crippen molar-refractivity contribution in [1.29, 1.82) is 0 Å². The van der Waals surface area contributed by atoms with Crippen LogP contribution in [0.1, 0.15) is 6.42 Å². The van der Waals surface area contributed by atoms with E-state index in [1.54, 1.807) is 0 Å². The van der Waals surface area contributed by atoms with Gasteiger partial charge in [0.15, 0.2) is 0 Å². The molecular weight excluding hydrogens is 294 g/mol.